The molecule has 3 nitrogen and oxygen atoms in total. The van der Waals surface area contributed by atoms with Crippen LogP contribution in [0.15, 0.2) is 0 Å². The van der Waals surface area contributed by atoms with Gasteiger partial charge in [-0.25, -0.2) is 8.78 Å². The second kappa shape index (κ2) is 6.37. The van der Waals surface area contributed by atoms with Crippen molar-refractivity contribution >= 4 is 18.3 Å². The van der Waals surface area contributed by atoms with Gasteiger partial charge >= 0.3 is 0 Å². The highest BCUT2D eigenvalue weighted by atomic mass is 35.5. The van der Waals surface area contributed by atoms with Crippen molar-refractivity contribution in [2.24, 2.45) is 5.41 Å². The standard InChI is InChI=1S/C15H24F2N2O.ClH/c16-15(17)9-12(18-10-15)13(20)19-8-4-7-14(11-19)5-2-1-3-6-14;/h12,18H,1-11H2;1H. The summed E-state index contributed by atoms with van der Waals surface area (Å²) in [6.45, 7) is 1.17. The molecule has 0 aromatic rings. The molecule has 0 aromatic heterocycles. The Morgan fingerprint density at radius 3 is 2.38 bits per heavy atom. The minimum Gasteiger partial charge on any atom is -0.341 e. The number of nitrogens with zero attached hydrogens (tertiary/aromatic N) is 1. The van der Waals surface area contributed by atoms with Crippen LogP contribution in [0.2, 0.25) is 0 Å². The van der Waals surface area contributed by atoms with Gasteiger partial charge < -0.3 is 4.90 Å². The lowest BCUT2D eigenvalue weighted by Crippen LogP contribution is -2.51. The lowest BCUT2D eigenvalue weighted by molar-refractivity contribution is -0.138. The third-order valence-electron chi connectivity index (χ3n) is 5.30. The second-order valence-electron chi connectivity index (χ2n) is 6.92. The highest BCUT2D eigenvalue weighted by Gasteiger charge is 2.45. The SMILES string of the molecule is Cl.O=C(C1CC(F)(F)CN1)N1CCCC2(CCCCC2)C1. The van der Waals surface area contributed by atoms with Crippen molar-refractivity contribution < 1.29 is 13.6 Å². The van der Waals surface area contributed by atoms with Crippen molar-refractivity contribution in [1.82, 2.24) is 10.2 Å². The van der Waals surface area contributed by atoms with E-state index in [1.54, 1.807) is 0 Å². The molecule has 3 aliphatic rings. The first-order chi connectivity index (χ1) is 9.50. The fraction of sp³-hybridized carbons (Fsp3) is 0.933. The van der Waals surface area contributed by atoms with Gasteiger partial charge in [-0.3, -0.25) is 10.1 Å². The van der Waals surface area contributed by atoms with Gasteiger partial charge in [0.05, 0.1) is 12.6 Å². The van der Waals surface area contributed by atoms with Crippen LogP contribution in [0.4, 0.5) is 8.78 Å². The molecule has 2 aliphatic heterocycles. The van der Waals surface area contributed by atoms with Crippen LogP contribution in [-0.4, -0.2) is 42.4 Å². The molecular weight excluding hydrogens is 298 g/mol. The van der Waals surface area contributed by atoms with Gasteiger partial charge in [0.25, 0.3) is 5.92 Å². The largest absolute Gasteiger partial charge is 0.341 e. The highest BCUT2D eigenvalue weighted by Crippen LogP contribution is 2.43. The third-order valence-corrected chi connectivity index (χ3v) is 5.30. The van der Waals surface area contributed by atoms with Crippen LogP contribution >= 0.6 is 12.4 Å². The van der Waals surface area contributed by atoms with E-state index in [1.807, 2.05) is 4.90 Å². The molecule has 0 aromatic carbocycles. The molecule has 0 radical (unpaired) electrons. The molecule has 3 rings (SSSR count). The zero-order valence-corrected chi connectivity index (χ0v) is 13.2. The molecule has 122 valence electrons. The number of amides is 1. The number of nitrogens with one attached hydrogen (secondary N) is 1. The molecule has 1 unspecified atom stereocenters. The van der Waals surface area contributed by atoms with Crippen LogP contribution in [0.25, 0.3) is 0 Å². The lowest BCUT2D eigenvalue weighted by atomic mass is 9.69. The molecule has 1 spiro atoms. The van der Waals surface area contributed by atoms with E-state index in [1.165, 1.54) is 38.5 Å². The third kappa shape index (κ3) is 3.67. The van der Waals surface area contributed by atoms with Gasteiger partial charge in [-0.1, -0.05) is 19.3 Å². The van der Waals surface area contributed by atoms with Gasteiger partial charge in [0.2, 0.25) is 5.91 Å². The van der Waals surface area contributed by atoms with Crippen LogP contribution in [0.1, 0.15) is 51.4 Å². The summed E-state index contributed by atoms with van der Waals surface area (Å²) in [4.78, 5) is 14.3. The van der Waals surface area contributed by atoms with Gasteiger partial charge in [0, 0.05) is 19.5 Å². The summed E-state index contributed by atoms with van der Waals surface area (Å²) in [6.07, 6.45) is 8.08. The quantitative estimate of drug-likeness (QED) is 0.805. The maximum atomic E-state index is 13.2. The maximum Gasteiger partial charge on any atom is 0.262 e. The number of likely N-dealkylation sites (tertiary alicyclic amines) is 1. The highest BCUT2D eigenvalue weighted by molar-refractivity contribution is 5.85. The predicted molar refractivity (Wildman–Crippen MR) is 79.9 cm³/mol. The Bertz CT molecular complexity index is 380. The summed E-state index contributed by atoms with van der Waals surface area (Å²) in [5.74, 6) is -2.83. The monoisotopic (exact) mass is 322 g/mol. The van der Waals surface area contributed by atoms with E-state index in [9.17, 15) is 13.6 Å². The van der Waals surface area contributed by atoms with E-state index in [0.29, 0.717) is 0 Å². The van der Waals surface area contributed by atoms with Crippen LogP contribution < -0.4 is 5.32 Å². The molecule has 1 aliphatic carbocycles. The zero-order chi connectivity index (χ0) is 14.2. The van der Waals surface area contributed by atoms with E-state index in [0.717, 1.165) is 19.5 Å². The van der Waals surface area contributed by atoms with Gasteiger partial charge in [-0.2, -0.15) is 0 Å². The van der Waals surface area contributed by atoms with Crippen LogP contribution in [0, 0.1) is 5.41 Å². The van der Waals surface area contributed by atoms with Gasteiger partial charge in [0.15, 0.2) is 0 Å². The Balaban J connectivity index is 0.00000161. The number of alkyl halides is 2. The van der Waals surface area contributed by atoms with Gasteiger partial charge in [0.1, 0.15) is 0 Å². The molecule has 6 heteroatoms. The summed E-state index contributed by atoms with van der Waals surface area (Å²) >= 11 is 0. The topological polar surface area (TPSA) is 32.3 Å². The predicted octanol–water partition coefficient (Wildman–Crippen LogP) is 2.98. The number of rotatable bonds is 1. The van der Waals surface area contributed by atoms with Crippen LogP contribution in [0.3, 0.4) is 0 Å². The molecule has 21 heavy (non-hydrogen) atoms. The number of halogens is 3. The number of hydrogen-bond donors (Lipinski definition) is 1. The minimum atomic E-state index is -2.72. The summed E-state index contributed by atoms with van der Waals surface area (Å²) in [5, 5.41) is 2.69. The average molecular weight is 323 g/mol. The molecule has 1 saturated carbocycles. The molecule has 2 saturated heterocycles. The summed E-state index contributed by atoms with van der Waals surface area (Å²) in [5.41, 5.74) is 0.285. The van der Waals surface area contributed by atoms with Crippen molar-refractivity contribution in [2.45, 2.75) is 63.3 Å². The van der Waals surface area contributed by atoms with E-state index in [2.05, 4.69) is 5.32 Å². The normalized spacial score (nSPS) is 31.0. The molecule has 0 bridgehead atoms. The average Bonchev–Trinajstić information content (AvgIpc) is 2.79. The van der Waals surface area contributed by atoms with E-state index < -0.39 is 12.0 Å². The lowest BCUT2D eigenvalue weighted by Gasteiger charge is -2.45. The van der Waals surface area contributed by atoms with Crippen molar-refractivity contribution in [1.29, 1.82) is 0 Å². The summed E-state index contributed by atoms with van der Waals surface area (Å²) < 4.78 is 26.5. The zero-order valence-electron chi connectivity index (χ0n) is 12.4. The Kier molecular flexibility index (Phi) is 5.14. The molecule has 1 amide bonds. The molecular formula is C15H25ClF2N2O. The molecule has 1 N–H and O–H groups in total. The summed E-state index contributed by atoms with van der Waals surface area (Å²) in [7, 11) is 0. The first-order valence-corrected chi connectivity index (χ1v) is 7.90. The van der Waals surface area contributed by atoms with Crippen molar-refractivity contribution in [3.63, 3.8) is 0 Å². The number of carbonyl (C=O) groups is 1. The number of carbonyl (C=O) groups excluding carboxylic acids is 1. The Labute approximate surface area is 131 Å². The van der Waals surface area contributed by atoms with Crippen molar-refractivity contribution in [3.05, 3.63) is 0 Å². The van der Waals surface area contributed by atoms with Gasteiger partial charge in [-0.15, -0.1) is 12.4 Å². The fourth-order valence-electron chi connectivity index (χ4n) is 4.22. The minimum absolute atomic E-state index is 0. The summed E-state index contributed by atoms with van der Waals surface area (Å²) in [6, 6.07) is -0.677. The van der Waals surface area contributed by atoms with Gasteiger partial charge in [-0.05, 0) is 31.1 Å². The molecule has 1 atom stereocenters. The fourth-order valence-corrected chi connectivity index (χ4v) is 4.22. The van der Waals surface area contributed by atoms with Crippen LogP contribution in [-0.2, 0) is 4.79 Å². The second-order valence-corrected chi connectivity index (χ2v) is 6.92. The number of hydrogen-bond acceptors (Lipinski definition) is 2. The maximum absolute atomic E-state index is 13.2. The first-order valence-electron chi connectivity index (χ1n) is 7.90. The Morgan fingerprint density at radius 1 is 1.10 bits per heavy atom. The van der Waals surface area contributed by atoms with Crippen molar-refractivity contribution in [2.75, 3.05) is 19.6 Å². The molecule has 3 fully saturated rings. The van der Waals surface area contributed by atoms with E-state index >= 15 is 0 Å². The smallest absolute Gasteiger partial charge is 0.262 e. The van der Waals surface area contributed by atoms with E-state index in [-0.39, 0.29) is 36.7 Å². The van der Waals surface area contributed by atoms with E-state index in [4.69, 9.17) is 0 Å². The van der Waals surface area contributed by atoms with Crippen LogP contribution in [0.5, 0.6) is 0 Å². The Hall–Kier alpha value is -0.420. The number of piperidine rings is 1. The van der Waals surface area contributed by atoms with Crippen molar-refractivity contribution in [3.8, 4) is 0 Å². The Morgan fingerprint density at radius 2 is 1.76 bits per heavy atom. The molecule has 2 heterocycles. The first kappa shape index (κ1) is 16.9.